The van der Waals surface area contributed by atoms with Crippen LogP contribution < -0.4 is 9.46 Å². The zero-order valence-corrected chi connectivity index (χ0v) is 18.1. The number of nitrogens with zero attached hydrogens (tertiary/aromatic N) is 1. The van der Waals surface area contributed by atoms with Crippen LogP contribution in [0.4, 0.5) is 5.69 Å². The molecule has 3 aromatic carbocycles. The minimum atomic E-state index is -3.77. The lowest BCUT2D eigenvalue weighted by Gasteiger charge is -2.18. The Labute approximate surface area is 181 Å². The van der Waals surface area contributed by atoms with Crippen molar-refractivity contribution in [3.63, 3.8) is 0 Å². The Balaban J connectivity index is 1.73. The predicted octanol–water partition coefficient (Wildman–Crippen LogP) is 4.42. The van der Waals surface area contributed by atoms with Gasteiger partial charge in [-0.1, -0.05) is 41.9 Å². The summed E-state index contributed by atoms with van der Waals surface area (Å²) in [5.74, 6) is 0.512. The molecule has 0 fully saturated rings. The van der Waals surface area contributed by atoms with Crippen LogP contribution in [-0.2, 0) is 16.6 Å². The molecule has 3 aromatic rings. The summed E-state index contributed by atoms with van der Waals surface area (Å²) in [4.78, 5) is 14.4. The highest BCUT2D eigenvalue weighted by Crippen LogP contribution is 2.26. The van der Waals surface area contributed by atoms with Crippen LogP contribution >= 0.6 is 11.6 Å². The molecule has 6 nitrogen and oxygen atoms in total. The molecule has 0 saturated heterocycles. The van der Waals surface area contributed by atoms with Gasteiger partial charge in [0.1, 0.15) is 5.75 Å². The van der Waals surface area contributed by atoms with Crippen LogP contribution in [0.1, 0.15) is 15.9 Å². The molecule has 30 heavy (non-hydrogen) atoms. The zero-order valence-electron chi connectivity index (χ0n) is 16.5. The smallest absolute Gasteiger partial charge is 0.261 e. The molecule has 0 atom stereocenters. The van der Waals surface area contributed by atoms with E-state index in [-0.39, 0.29) is 21.5 Å². The molecule has 156 valence electrons. The molecule has 0 heterocycles. The summed E-state index contributed by atoms with van der Waals surface area (Å²) in [5.41, 5.74) is 1.51. The van der Waals surface area contributed by atoms with Gasteiger partial charge < -0.3 is 9.64 Å². The average Bonchev–Trinajstić information content (AvgIpc) is 2.75. The largest absolute Gasteiger partial charge is 0.497 e. The van der Waals surface area contributed by atoms with E-state index in [9.17, 15) is 13.2 Å². The number of sulfonamides is 1. The molecule has 1 N–H and O–H groups in total. The number of carbonyl (C=O) groups excluding carboxylic acids is 1. The quantitative estimate of drug-likeness (QED) is 0.585. The first kappa shape index (κ1) is 21.7. The Morgan fingerprint density at radius 2 is 1.70 bits per heavy atom. The number of rotatable bonds is 7. The van der Waals surface area contributed by atoms with Crippen molar-refractivity contribution < 1.29 is 17.9 Å². The maximum atomic E-state index is 12.7. The van der Waals surface area contributed by atoms with E-state index >= 15 is 0 Å². The Bertz CT molecular complexity index is 1130. The van der Waals surface area contributed by atoms with E-state index in [4.69, 9.17) is 16.3 Å². The second-order valence-electron chi connectivity index (χ2n) is 6.62. The highest BCUT2D eigenvalue weighted by Gasteiger charge is 2.18. The maximum absolute atomic E-state index is 12.7. The van der Waals surface area contributed by atoms with Crippen LogP contribution in [-0.4, -0.2) is 33.4 Å². The third-order valence-corrected chi connectivity index (χ3v) is 6.13. The van der Waals surface area contributed by atoms with E-state index < -0.39 is 10.0 Å². The number of amides is 1. The van der Waals surface area contributed by atoms with E-state index in [1.165, 1.54) is 24.3 Å². The Kier molecular flexibility index (Phi) is 6.64. The van der Waals surface area contributed by atoms with Gasteiger partial charge in [0.05, 0.1) is 22.7 Å². The summed E-state index contributed by atoms with van der Waals surface area (Å²) in [5, 5.41) is 0.137. The minimum Gasteiger partial charge on any atom is -0.497 e. The van der Waals surface area contributed by atoms with Crippen molar-refractivity contribution in [1.82, 2.24) is 4.90 Å². The normalized spacial score (nSPS) is 11.0. The molecule has 0 aromatic heterocycles. The van der Waals surface area contributed by atoms with Gasteiger partial charge in [0.15, 0.2) is 0 Å². The van der Waals surface area contributed by atoms with Crippen molar-refractivity contribution in [2.45, 2.75) is 11.4 Å². The molecule has 0 aliphatic carbocycles. The van der Waals surface area contributed by atoms with Crippen LogP contribution in [0.15, 0.2) is 77.7 Å². The van der Waals surface area contributed by atoms with Crippen LogP contribution in [0.5, 0.6) is 5.75 Å². The zero-order chi connectivity index (χ0) is 21.7. The second-order valence-corrected chi connectivity index (χ2v) is 8.71. The topological polar surface area (TPSA) is 75.7 Å². The SMILES string of the molecule is COc1ccc(CN(C)C(=O)c2ccc(NS(=O)(=O)c3ccccc3)c(Cl)c2)cc1. The van der Waals surface area contributed by atoms with E-state index in [0.29, 0.717) is 12.1 Å². The van der Waals surface area contributed by atoms with Gasteiger partial charge in [0, 0.05) is 19.2 Å². The molecule has 0 saturated carbocycles. The monoisotopic (exact) mass is 444 g/mol. The van der Waals surface area contributed by atoms with Crippen LogP contribution in [0.3, 0.4) is 0 Å². The average molecular weight is 445 g/mol. The molecular weight excluding hydrogens is 424 g/mol. The third-order valence-electron chi connectivity index (χ3n) is 4.44. The first-order valence-electron chi connectivity index (χ1n) is 9.06. The van der Waals surface area contributed by atoms with Gasteiger partial charge >= 0.3 is 0 Å². The Hall–Kier alpha value is -3.03. The van der Waals surface area contributed by atoms with Crippen LogP contribution in [0.2, 0.25) is 5.02 Å². The number of benzene rings is 3. The van der Waals surface area contributed by atoms with Gasteiger partial charge in [-0.25, -0.2) is 8.42 Å². The summed E-state index contributed by atoms with van der Waals surface area (Å²) in [6.07, 6.45) is 0. The second kappa shape index (κ2) is 9.19. The van der Waals surface area contributed by atoms with Crippen LogP contribution in [0.25, 0.3) is 0 Å². The fourth-order valence-electron chi connectivity index (χ4n) is 2.83. The lowest BCUT2D eigenvalue weighted by atomic mass is 10.1. The van der Waals surface area contributed by atoms with Gasteiger partial charge in [-0.2, -0.15) is 0 Å². The highest BCUT2D eigenvalue weighted by atomic mass is 35.5. The predicted molar refractivity (Wildman–Crippen MR) is 117 cm³/mol. The Morgan fingerprint density at radius 3 is 2.30 bits per heavy atom. The Morgan fingerprint density at radius 1 is 1.03 bits per heavy atom. The van der Waals surface area contributed by atoms with Gasteiger partial charge in [-0.15, -0.1) is 0 Å². The summed E-state index contributed by atoms with van der Waals surface area (Å²) in [6.45, 7) is 0.406. The molecular formula is C22H21ClN2O4S. The van der Waals surface area contributed by atoms with E-state index in [1.54, 1.807) is 43.3 Å². The molecule has 0 unspecified atom stereocenters. The molecule has 0 spiro atoms. The molecule has 3 rings (SSSR count). The number of hydrogen-bond donors (Lipinski definition) is 1. The number of nitrogens with one attached hydrogen (secondary N) is 1. The van der Waals surface area contributed by atoms with Gasteiger partial charge in [-0.05, 0) is 48.0 Å². The molecule has 1 amide bonds. The summed E-state index contributed by atoms with van der Waals surface area (Å²) in [6, 6.07) is 19.9. The standard InChI is InChI=1S/C22H21ClN2O4S/c1-25(15-16-8-11-18(29-2)12-9-16)22(26)17-10-13-21(20(23)14-17)24-30(27,28)19-6-4-3-5-7-19/h3-14,24H,15H2,1-2H3. The summed E-state index contributed by atoms with van der Waals surface area (Å²) >= 11 is 6.25. The van der Waals surface area contributed by atoms with Crippen molar-refractivity contribution in [1.29, 1.82) is 0 Å². The van der Waals surface area contributed by atoms with Gasteiger partial charge in [0.2, 0.25) is 0 Å². The van der Waals surface area contributed by atoms with E-state index in [1.807, 2.05) is 24.3 Å². The number of halogens is 1. The molecule has 0 aliphatic rings. The fraction of sp³-hybridized carbons (Fsp3) is 0.136. The molecule has 0 bridgehead atoms. The minimum absolute atomic E-state index is 0.125. The van der Waals surface area contributed by atoms with E-state index in [2.05, 4.69) is 4.72 Å². The van der Waals surface area contributed by atoms with Crippen molar-refractivity contribution in [3.8, 4) is 5.75 Å². The molecule has 0 radical (unpaired) electrons. The van der Waals surface area contributed by atoms with Crippen molar-refractivity contribution in [3.05, 3.63) is 88.9 Å². The first-order valence-corrected chi connectivity index (χ1v) is 10.9. The lowest BCUT2D eigenvalue weighted by Crippen LogP contribution is -2.26. The summed E-state index contributed by atoms with van der Waals surface area (Å²) < 4.78 is 32.5. The number of methoxy groups -OCH3 is 1. The third kappa shape index (κ3) is 5.11. The molecule has 8 heteroatoms. The number of anilines is 1. The lowest BCUT2D eigenvalue weighted by molar-refractivity contribution is 0.0785. The number of hydrogen-bond acceptors (Lipinski definition) is 4. The van der Waals surface area contributed by atoms with Gasteiger partial charge in [0.25, 0.3) is 15.9 Å². The van der Waals surface area contributed by atoms with Gasteiger partial charge in [-0.3, -0.25) is 9.52 Å². The maximum Gasteiger partial charge on any atom is 0.261 e. The first-order chi connectivity index (χ1) is 14.3. The summed E-state index contributed by atoms with van der Waals surface area (Å²) in [7, 11) is -0.490. The fourth-order valence-corrected chi connectivity index (χ4v) is 4.22. The van der Waals surface area contributed by atoms with E-state index in [0.717, 1.165) is 11.3 Å². The number of carbonyl (C=O) groups is 1. The van der Waals surface area contributed by atoms with Crippen molar-refractivity contribution in [2.75, 3.05) is 18.9 Å². The van der Waals surface area contributed by atoms with Crippen molar-refractivity contribution in [2.24, 2.45) is 0 Å². The molecule has 0 aliphatic heterocycles. The highest BCUT2D eigenvalue weighted by molar-refractivity contribution is 7.92. The number of ether oxygens (including phenoxy) is 1. The van der Waals surface area contributed by atoms with Crippen molar-refractivity contribution >= 4 is 33.2 Å². The van der Waals surface area contributed by atoms with Crippen LogP contribution in [0, 0.1) is 0 Å².